The molecule has 5 atom stereocenters. The Morgan fingerprint density at radius 3 is 2.76 bits per heavy atom. The number of nitrogens with two attached hydrogens (primary N) is 1. The number of carbonyl (C=O) groups is 1. The molecule has 1 saturated carbocycles. The van der Waals surface area contributed by atoms with Gasteiger partial charge in [0.2, 0.25) is 0 Å². The van der Waals surface area contributed by atoms with Crippen molar-refractivity contribution in [2.24, 2.45) is 22.5 Å². The SMILES string of the molecule is CC(N)OC1CCC2(C)C(C)C(=O)C=CC12C. The van der Waals surface area contributed by atoms with E-state index in [0.717, 1.165) is 12.8 Å². The summed E-state index contributed by atoms with van der Waals surface area (Å²) in [5.74, 6) is 0.311. The normalized spacial score (nSPS) is 47.0. The van der Waals surface area contributed by atoms with E-state index in [2.05, 4.69) is 19.9 Å². The van der Waals surface area contributed by atoms with Crippen LogP contribution < -0.4 is 5.73 Å². The van der Waals surface area contributed by atoms with Gasteiger partial charge in [-0.2, -0.15) is 0 Å². The van der Waals surface area contributed by atoms with E-state index >= 15 is 0 Å². The molecule has 0 aromatic rings. The van der Waals surface area contributed by atoms with E-state index in [0.29, 0.717) is 0 Å². The predicted octanol–water partition coefficient (Wildman–Crippen LogP) is 2.26. The van der Waals surface area contributed by atoms with Crippen LogP contribution in [0.1, 0.15) is 40.5 Å². The molecular weight excluding hydrogens is 214 g/mol. The molecule has 96 valence electrons. The maximum Gasteiger partial charge on any atom is 0.158 e. The Kier molecular flexibility index (Phi) is 2.95. The zero-order valence-corrected chi connectivity index (χ0v) is 11.2. The van der Waals surface area contributed by atoms with Gasteiger partial charge in [-0.1, -0.05) is 26.8 Å². The Balaban J connectivity index is 2.36. The molecule has 2 aliphatic rings. The predicted molar refractivity (Wildman–Crippen MR) is 67.3 cm³/mol. The topological polar surface area (TPSA) is 52.3 Å². The van der Waals surface area contributed by atoms with Crippen LogP contribution in [0.5, 0.6) is 0 Å². The van der Waals surface area contributed by atoms with Crippen molar-refractivity contribution in [3.63, 3.8) is 0 Å². The maximum atomic E-state index is 11.9. The quantitative estimate of drug-likeness (QED) is 0.749. The number of ether oxygens (including phenoxy) is 1. The van der Waals surface area contributed by atoms with E-state index in [-0.39, 0.29) is 34.9 Å². The summed E-state index contributed by atoms with van der Waals surface area (Å²) in [6.07, 6.45) is 5.67. The highest BCUT2D eigenvalue weighted by Gasteiger charge is 2.59. The molecule has 0 amide bonds. The number of hydrogen-bond donors (Lipinski definition) is 1. The molecule has 17 heavy (non-hydrogen) atoms. The summed E-state index contributed by atoms with van der Waals surface area (Å²) in [5, 5.41) is 0. The standard InChI is InChI=1S/C14H23NO2/c1-9-11(16)5-7-14(4)12(17-10(2)15)6-8-13(9,14)3/h5,7,9-10,12H,6,8,15H2,1-4H3. The second kappa shape index (κ2) is 3.92. The lowest BCUT2D eigenvalue weighted by atomic mass is 9.57. The molecule has 2 aliphatic carbocycles. The van der Waals surface area contributed by atoms with E-state index < -0.39 is 0 Å². The molecule has 0 aromatic carbocycles. The van der Waals surface area contributed by atoms with Crippen molar-refractivity contribution in [2.45, 2.75) is 52.9 Å². The molecule has 0 heterocycles. The minimum atomic E-state index is -0.250. The molecule has 0 spiro atoms. The summed E-state index contributed by atoms with van der Waals surface area (Å²) in [7, 11) is 0. The van der Waals surface area contributed by atoms with Gasteiger partial charge in [-0.05, 0) is 31.3 Å². The summed E-state index contributed by atoms with van der Waals surface area (Å²) in [4.78, 5) is 11.9. The van der Waals surface area contributed by atoms with E-state index in [1.807, 2.05) is 13.8 Å². The monoisotopic (exact) mass is 237 g/mol. The molecule has 0 saturated heterocycles. The van der Waals surface area contributed by atoms with Crippen LogP contribution in [-0.4, -0.2) is 18.1 Å². The minimum Gasteiger partial charge on any atom is -0.360 e. The number of rotatable bonds is 2. The van der Waals surface area contributed by atoms with Gasteiger partial charge in [-0.25, -0.2) is 0 Å². The molecule has 2 N–H and O–H groups in total. The van der Waals surface area contributed by atoms with E-state index in [9.17, 15) is 4.79 Å². The van der Waals surface area contributed by atoms with E-state index in [4.69, 9.17) is 10.5 Å². The van der Waals surface area contributed by atoms with Crippen LogP contribution in [0.3, 0.4) is 0 Å². The number of allylic oxidation sites excluding steroid dienone is 1. The van der Waals surface area contributed by atoms with Gasteiger partial charge in [0.05, 0.1) is 6.10 Å². The van der Waals surface area contributed by atoms with Crippen LogP contribution in [0.25, 0.3) is 0 Å². The van der Waals surface area contributed by atoms with Gasteiger partial charge in [-0.15, -0.1) is 0 Å². The van der Waals surface area contributed by atoms with E-state index in [1.54, 1.807) is 6.08 Å². The van der Waals surface area contributed by atoms with Crippen molar-refractivity contribution < 1.29 is 9.53 Å². The molecule has 3 heteroatoms. The van der Waals surface area contributed by atoms with Gasteiger partial charge < -0.3 is 10.5 Å². The summed E-state index contributed by atoms with van der Waals surface area (Å²) in [6.45, 7) is 8.31. The summed E-state index contributed by atoms with van der Waals surface area (Å²) >= 11 is 0. The highest BCUT2D eigenvalue weighted by Crippen LogP contribution is 2.60. The first-order valence-electron chi connectivity index (χ1n) is 6.45. The zero-order valence-electron chi connectivity index (χ0n) is 11.2. The third-order valence-corrected chi connectivity index (χ3v) is 5.18. The lowest BCUT2D eigenvalue weighted by molar-refractivity contribution is -0.128. The maximum absolute atomic E-state index is 11.9. The lowest BCUT2D eigenvalue weighted by Crippen LogP contribution is -2.48. The number of ketones is 1. The van der Waals surface area contributed by atoms with Crippen molar-refractivity contribution in [1.82, 2.24) is 0 Å². The first-order valence-corrected chi connectivity index (χ1v) is 6.45. The Labute approximate surface area is 103 Å². The fourth-order valence-corrected chi connectivity index (χ4v) is 3.53. The van der Waals surface area contributed by atoms with Crippen molar-refractivity contribution in [3.8, 4) is 0 Å². The zero-order chi connectivity index (χ0) is 12.8. The molecule has 2 rings (SSSR count). The average Bonchev–Trinajstić information content (AvgIpc) is 2.50. The fourth-order valence-electron chi connectivity index (χ4n) is 3.53. The molecule has 1 fully saturated rings. The molecule has 0 aromatic heterocycles. The molecule has 0 radical (unpaired) electrons. The van der Waals surface area contributed by atoms with Crippen molar-refractivity contribution in [1.29, 1.82) is 0 Å². The van der Waals surface area contributed by atoms with Crippen molar-refractivity contribution in [2.75, 3.05) is 0 Å². The average molecular weight is 237 g/mol. The highest BCUT2D eigenvalue weighted by atomic mass is 16.5. The second-order valence-corrected chi connectivity index (χ2v) is 6.03. The van der Waals surface area contributed by atoms with Crippen molar-refractivity contribution in [3.05, 3.63) is 12.2 Å². The number of hydrogen-bond acceptors (Lipinski definition) is 3. The van der Waals surface area contributed by atoms with Gasteiger partial charge >= 0.3 is 0 Å². The van der Waals surface area contributed by atoms with Gasteiger partial charge in [0.25, 0.3) is 0 Å². The molecular formula is C14H23NO2. The Bertz CT molecular complexity index is 363. The summed E-state index contributed by atoms with van der Waals surface area (Å²) in [5.41, 5.74) is 5.67. The first-order chi connectivity index (χ1) is 7.81. The van der Waals surface area contributed by atoms with Crippen LogP contribution >= 0.6 is 0 Å². The minimum absolute atomic E-state index is 0.00160. The van der Waals surface area contributed by atoms with Crippen LogP contribution in [-0.2, 0) is 9.53 Å². The smallest absolute Gasteiger partial charge is 0.158 e. The fraction of sp³-hybridized carbons (Fsp3) is 0.786. The molecule has 0 bridgehead atoms. The van der Waals surface area contributed by atoms with Crippen LogP contribution in [0, 0.1) is 16.7 Å². The number of fused-ring (bicyclic) bond motifs is 1. The van der Waals surface area contributed by atoms with E-state index in [1.165, 1.54) is 0 Å². The van der Waals surface area contributed by atoms with Gasteiger partial charge in [0.1, 0.15) is 6.23 Å². The lowest BCUT2D eigenvalue weighted by Gasteiger charge is -2.47. The molecule has 5 unspecified atom stereocenters. The first kappa shape index (κ1) is 12.8. The Morgan fingerprint density at radius 1 is 1.53 bits per heavy atom. The highest BCUT2D eigenvalue weighted by molar-refractivity contribution is 5.93. The second-order valence-electron chi connectivity index (χ2n) is 6.03. The Morgan fingerprint density at radius 2 is 2.18 bits per heavy atom. The molecule has 3 nitrogen and oxygen atoms in total. The van der Waals surface area contributed by atoms with Crippen LogP contribution in [0.2, 0.25) is 0 Å². The molecule has 0 aliphatic heterocycles. The third-order valence-electron chi connectivity index (χ3n) is 5.18. The third kappa shape index (κ3) is 1.67. The number of carbonyl (C=O) groups excluding carboxylic acids is 1. The summed E-state index contributed by atoms with van der Waals surface area (Å²) < 4.78 is 5.85. The Hall–Kier alpha value is -0.670. The largest absolute Gasteiger partial charge is 0.360 e. The van der Waals surface area contributed by atoms with Crippen molar-refractivity contribution >= 4 is 5.78 Å². The van der Waals surface area contributed by atoms with Crippen LogP contribution in [0.4, 0.5) is 0 Å². The van der Waals surface area contributed by atoms with Crippen LogP contribution in [0.15, 0.2) is 12.2 Å². The van der Waals surface area contributed by atoms with Gasteiger partial charge in [-0.3, -0.25) is 4.79 Å². The van der Waals surface area contributed by atoms with Gasteiger partial charge in [0.15, 0.2) is 5.78 Å². The summed E-state index contributed by atoms with van der Waals surface area (Å²) in [6, 6.07) is 0. The van der Waals surface area contributed by atoms with Gasteiger partial charge in [0, 0.05) is 11.3 Å².